The number of aryl methyl sites for hydroxylation is 1. The third-order valence-corrected chi connectivity index (χ3v) is 6.81. The molecule has 1 N–H and O–H groups in total. The molecule has 0 saturated heterocycles. The van der Waals surface area contributed by atoms with Crippen LogP contribution in [0, 0.1) is 6.92 Å². The van der Waals surface area contributed by atoms with E-state index >= 15 is 0 Å². The third kappa shape index (κ3) is 6.08. The van der Waals surface area contributed by atoms with Crippen molar-refractivity contribution >= 4 is 23.7 Å². The predicted molar refractivity (Wildman–Crippen MR) is 160 cm³/mol. The lowest BCUT2D eigenvalue weighted by Gasteiger charge is -2.13. The van der Waals surface area contributed by atoms with E-state index in [0.29, 0.717) is 28.7 Å². The summed E-state index contributed by atoms with van der Waals surface area (Å²) in [6.45, 7) is 2.38. The van der Waals surface area contributed by atoms with Gasteiger partial charge in [0, 0.05) is 27.5 Å². The maximum absolute atomic E-state index is 12.7. The Bertz CT molecular complexity index is 1640. The van der Waals surface area contributed by atoms with Crippen molar-refractivity contribution in [3.63, 3.8) is 0 Å². The van der Waals surface area contributed by atoms with Gasteiger partial charge in [-0.2, -0.15) is 5.10 Å². The Hall–Kier alpha value is -4.81. The summed E-state index contributed by atoms with van der Waals surface area (Å²) in [5.41, 5.74) is 9.03. The summed E-state index contributed by atoms with van der Waals surface area (Å²) in [5, 5.41) is 4.77. The van der Waals surface area contributed by atoms with Gasteiger partial charge in [-0.1, -0.05) is 60.1 Å². The molecule has 4 aromatic carbocycles. The van der Waals surface area contributed by atoms with Gasteiger partial charge >= 0.3 is 0 Å². The predicted octanol–water partition coefficient (Wildman–Crippen LogP) is 7.46. The van der Waals surface area contributed by atoms with Crippen molar-refractivity contribution in [1.29, 1.82) is 0 Å². The van der Waals surface area contributed by atoms with Crippen molar-refractivity contribution in [2.45, 2.75) is 13.5 Å². The number of nitrogens with one attached hydrogen (secondary N) is 1. The van der Waals surface area contributed by atoms with Gasteiger partial charge in [0.15, 0.2) is 11.5 Å². The fraction of sp³-hybridized carbons (Fsp3) is 0.0909. The first kappa shape index (κ1) is 26.8. The lowest BCUT2D eigenvalue weighted by atomic mass is 10.1. The highest BCUT2D eigenvalue weighted by Gasteiger charge is 2.11. The molecule has 200 valence electrons. The molecule has 0 spiro atoms. The summed E-state index contributed by atoms with van der Waals surface area (Å²) >= 11 is 6.22. The highest BCUT2D eigenvalue weighted by molar-refractivity contribution is 6.31. The van der Waals surface area contributed by atoms with E-state index in [1.165, 1.54) is 0 Å². The van der Waals surface area contributed by atoms with E-state index in [1.807, 2.05) is 60.7 Å². The Morgan fingerprint density at radius 1 is 0.900 bits per heavy atom. The monoisotopic (exact) mass is 549 g/mol. The highest BCUT2D eigenvalue weighted by atomic mass is 35.5. The van der Waals surface area contributed by atoms with Gasteiger partial charge in [0.25, 0.3) is 5.91 Å². The first-order chi connectivity index (χ1) is 19.5. The molecule has 1 heterocycles. The van der Waals surface area contributed by atoms with E-state index < -0.39 is 0 Å². The van der Waals surface area contributed by atoms with E-state index in [2.05, 4.69) is 46.3 Å². The number of carbonyl (C=O) groups excluding carboxylic acids is 1. The van der Waals surface area contributed by atoms with Gasteiger partial charge in [-0.25, -0.2) is 5.43 Å². The van der Waals surface area contributed by atoms with Crippen LogP contribution in [0.2, 0.25) is 5.02 Å². The van der Waals surface area contributed by atoms with Gasteiger partial charge in [-0.15, -0.1) is 0 Å². The summed E-state index contributed by atoms with van der Waals surface area (Å²) in [4.78, 5) is 12.7. The number of aromatic nitrogens is 1. The third-order valence-electron chi connectivity index (χ3n) is 6.44. The van der Waals surface area contributed by atoms with Crippen molar-refractivity contribution in [3.8, 4) is 28.4 Å². The molecule has 0 radical (unpaired) electrons. The molecule has 1 aromatic heterocycles. The quantitative estimate of drug-likeness (QED) is 0.153. The molecule has 5 rings (SSSR count). The first-order valence-corrected chi connectivity index (χ1v) is 13.1. The van der Waals surface area contributed by atoms with Crippen LogP contribution in [0.1, 0.15) is 27.2 Å². The molecule has 0 aliphatic rings. The summed E-state index contributed by atoms with van der Waals surface area (Å²) in [6.07, 6.45) is 1.56. The molecule has 6 nitrogen and oxygen atoms in total. The second-order valence-corrected chi connectivity index (χ2v) is 9.50. The molecular weight excluding hydrogens is 522 g/mol. The number of ether oxygens (including phenoxy) is 2. The van der Waals surface area contributed by atoms with Crippen LogP contribution in [0.3, 0.4) is 0 Å². The molecule has 0 aliphatic carbocycles. The van der Waals surface area contributed by atoms with Crippen molar-refractivity contribution in [2.24, 2.45) is 5.10 Å². The number of hydrogen-bond donors (Lipinski definition) is 1. The van der Waals surface area contributed by atoms with Gasteiger partial charge in [-0.05, 0) is 78.7 Å². The van der Waals surface area contributed by atoms with E-state index in [9.17, 15) is 4.79 Å². The molecule has 1 amide bonds. The molecule has 0 aliphatic heterocycles. The zero-order chi connectivity index (χ0) is 27.9. The minimum Gasteiger partial charge on any atom is -0.493 e. The molecule has 0 saturated carbocycles. The molecule has 0 atom stereocenters. The number of methoxy groups -OCH3 is 1. The average molecular weight is 550 g/mol. The topological polar surface area (TPSA) is 64.8 Å². The summed E-state index contributed by atoms with van der Waals surface area (Å²) in [6, 6.07) is 34.8. The zero-order valence-electron chi connectivity index (χ0n) is 22.2. The number of rotatable bonds is 9. The molecule has 40 heavy (non-hydrogen) atoms. The number of carbonyl (C=O) groups is 1. The number of hydrazone groups is 1. The Balaban J connectivity index is 1.23. The van der Waals surface area contributed by atoms with Crippen molar-refractivity contribution in [3.05, 3.63) is 137 Å². The lowest BCUT2D eigenvalue weighted by molar-refractivity contribution is 0.0955. The number of benzene rings is 4. The SMILES string of the molecule is COc1cc(/C=N/NC(=O)c2ccc(-n3c(C)ccc3-c3ccccc3)cc2)ccc1OCc1ccccc1Cl. The Morgan fingerprint density at radius 3 is 2.40 bits per heavy atom. The summed E-state index contributed by atoms with van der Waals surface area (Å²) in [5.74, 6) is 0.826. The summed E-state index contributed by atoms with van der Waals surface area (Å²) in [7, 11) is 1.57. The Kier molecular flexibility index (Phi) is 8.28. The zero-order valence-corrected chi connectivity index (χ0v) is 22.9. The van der Waals surface area contributed by atoms with Gasteiger partial charge in [-0.3, -0.25) is 4.79 Å². The van der Waals surface area contributed by atoms with Crippen LogP contribution in [0.15, 0.2) is 114 Å². The minimum atomic E-state index is -0.304. The second kappa shape index (κ2) is 12.4. The largest absolute Gasteiger partial charge is 0.493 e. The van der Waals surface area contributed by atoms with Crippen LogP contribution < -0.4 is 14.9 Å². The van der Waals surface area contributed by atoms with Crippen molar-refractivity contribution in [1.82, 2.24) is 9.99 Å². The van der Waals surface area contributed by atoms with Crippen LogP contribution in [0.25, 0.3) is 16.9 Å². The fourth-order valence-corrected chi connectivity index (χ4v) is 4.55. The average Bonchev–Trinajstić information content (AvgIpc) is 3.38. The van der Waals surface area contributed by atoms with Gasteiger partial charge < -0.3 is 14.0 Å². The molecule has 5 aromatic rings. The maximum Gasteiger partial charge on any atom is 0.271 e. The van der Waals surface area contributed by atoms with Crippen LogP contribution >= 0.6 is 11.6 Å². The van der Waals surface area contributed by atoms with Gasteiger partial charge in [0.2, 0.25) is 0 Å². The number of halogens is 1. The molecular formula is C33H28ClN3O3. The van der Waals surface area contributed by atoms with Crippen LogP contribution in [-0.4, -0.2) is 23.8 Å². The van der Waals surface area contributed by atoms with Crippen LogP contribution in [-0.2, 0) is 6.61 Å². The maximum atomic E-state index is 12.7. The van der Waals surface area contributed by atoms with Gasteiger partial charge in [0.05, 0.1) is 19.0 Å². The Morgan fingerprint density at radius 2 is 1.65 bits per heavy atom. The van der Waals surface area contributed by atoms with Crippen LogP contribution in [0.4, 0.5) is 0 Å². The highest BCUT2D eigenvalue weighted by Crippen LogP contribution is 2.29. The molecule has 0 fully saturated rings. The number of hydrogen-bond acceptors (Lipinski definition) is 4. The normalized spacial score (nSPS) is 11.0. The van der Waals surface area contributed by atoms with Crippen molar-refractivity contribution in [2.75, 3.05) is 7.11 Å². The second-order valence-electron chi connectivity index (χ2n) is 9.10. The van der Waals surface area contributed by atoms with E-state index in [-0.39, 0.29) is 5.91 Å². The van der Waals surface area contributed by atoms with E-state index in [0.717, 1.165) is 33.8 Å². The van der Waals surface area contributed by atoms with Gasteiger partial charge in [0.1, 0.15) is 6.61 Å². The Labute approximate surface area is 238 Å². The first-order valence-electron chi connectivity index (χ1n) is 12.8. The van der Waals surface area contributed by atoms with Crippen LogP contribution in [0.5, 0.6) is 11.5 Å². The van der Waals surface area contributed by atoms with E-state index in [1.54, 1.807) is 37.6 Å². The standard InChI is InChI=1S/C33H28ClN3O3/c1-23-12-18-30(25-8-4-3-5-9-25)37(23)28-16-14-26(15-17-28)33(38)36-35-21-24-13-19-31(32(20-24)39-2)40-22-27-10-6-7-11-29(27)34/h3-21H,22H2,1-2H3,(H,36,38)/b35-21+. The number of amides is 1. The number of nitrogens with zero attached hydrogens (tertiary/aromatic N) is 2. The smallest absolute Gasteiger partial charge is 0.271 e. The lowest BCUT2D eigenvalue weighted by Crippen LogP contribution is -2.17. The fourth-order valence-electron chi connectivity index (χ4n) is 4.36. The molecule has 0 unspecified atom stereocenters. The molecule has 0 bridgehead atoms. The van der Waals surface area contributed by atoms with E-state index in [4.69, 9.17) is 21.1 Å². The minimum absolute atomic E-state index is 0.304. The van der Waals surface area contributed by atoms with Crippen molar-refractivity contribution < 1.29 is 14.3 Å². The molecule has 7 heteroatoms. The summed E-state index contributed by atoms with van der Waals surface area (Å²) < 4.78 is 13.6.